The first kappa shape index (κ1) is 26.1. The molecule has 0 saturated heterocycles. The average molecular weight is 491 g/mol. The second kappa shape index (κ2) is 13.4. The van der Waals surface area contributed by atoms with E-state index in [-0.39, 0.29) is 16.7 Å². The largest absolute Gasteiger partial charge is 0.452 e. The van der Waals surface area contributed by atoms with Gasteiger partial charge in [-0.3, -0.25) is 0 Å². The maximum Gasteiger partial charge on any atom is 0.338 e. The van der Waals surface area contributed by atoms with Crippen LogP contribution in [0.5, 0.6) is 0 Å². The average Bonchev–Trinajstić information content (AvgIpc) is 2.94. The molecule has 0 bridgehead atoms. The molecule has 0 unspecified atom stereocenters. The Balaban J connectivity index is 1.93. The Hall–Kier alpha value is -4.50. The Morgan fingerprint density at radius 3 is 1.56 bits per heavy atom. The van der Waals surface area contributed by atoms with Gasteiger partial charge in [0.05, 0.1) is 29.5 Å². The fourth-order valence-electron chi connectivity index (χ4n) is 3.18. The van der Waals surface area contributed by atoms with Gasteiger partial charge in [0.15, 0.2) is 18.3 Å². The first-order valence-electron chi connectivity index (χ1n) is 11.0. The van der Waals surface area contributed by atoms with E-state index in [9.17, 15) is 19.5 Å². The number of hydrogen-bond acceptors (Lipinski definition) is 9. The van der Waals surface area contributed by atoms with Crippen molar-refractivity contribution in [3.8, 4) is 0 Å². The molecule has 0 aromatic heterocycles. The van der Waals surface area contributed by atoms with Gasteiger partial charge in [-0.1, -0.05) is 59.8 Å². The van der Waals surface area contributed by atoms with Crippen LogP contribution in [-0.4, -0.2) is 61.3 Å². The lowest BCUT2D eigenvalue weighted by Crippen LogP contribution is -2.48. The maximum absolute atomic E-state index is 12.9. The van der Waals surface area contributed by atoms with Crippen LogP contribution in [0.15, 0.2) is 96.2 Å². The summed E-state index contributed by atoms with van der Waals surface area (Å²) >= 11 is 0. The van der Waals surface area contributed by atoms with Crippen molar-refractivity contribution < 1.29 is 38.5 Å². The third kappa shape index (κ3) is 7.25. The molecule has 186 valence electrons. The van der Waals surface area contributed by atoms with Crippen LogP contribution in [-0.2, 0) is 19.0 Å². The number of benzene rings is 3. The van der Waals surface area contributed by atoms with Gasteiger partial charge in [-0.2, -0.15) is 0 Å². The number of carbonyl (C=O) groups is 3. The normalized spacial score (nSPS) is 13.3. The van der Waals surface area contributed by atoms with E-state index in [4.69, 9.17) is 19.0 Å². The highest BCUT2D eigenvalue weighted by atomic mass is 16.6. The zero-order chi connectivity index (χ0) is 25.8. The lowest BCUT2D eigenvalue weighted by atomic mass is 10.1. The zero-order valence-electron chi connectivity index (χ0n) is 19.4. The van der Waals surface area contributed by atoms with Gasteiger partial charge in [0, 0.05) is 0 Å². The van der Waals surface area contributed by atoms with Gasteiger partial charge in [0.25, 0.3) is 0 Å². The molecule has 0 aliphatic carbocycles. The van der Waals surface area contributed by atoms with Gasteiger partial charge >= 0.3 is 17.9 Å². The number of esters is 3. The number of aliphatic hydroxyl groups is 1. The van der Waals surface area contributed by atoms with Crippen LogP contribution in [0.2, 0.25) is 0 Å². The summed E-state index contributed by atoms with van der Waals surface area (Å²) in [5.74, 6) is -2.32. The van der Waals surface area contributed by atoms with E-state index in [1.807, 2.05) is 0 Å². The smallest absolute Gasteiger partial charge is 0.338 e. The van der Waals surface area contributed by atoms with Crippen molar-refractivity contribution in [3.05, 3.63) is 108 Å². The fourth-order valence-corrected chi connectivity index (χ4v) is 3.18. The summed E-state index contributed by atoms with van der Waals surface area (Å²) in [6.07, 6.45) is -3.18. The summed E-state index contributed by atoms with van der Waals surface area (Å²) in [6.45, 7) is -0.745. The van der Waals surface area contributed by atoms with Crippen LogP contribution in [0.25, 0.3) is 0 Å². The second-order valence-electron chi connectivity index (χ2n) is 7.40. The van der Waals surface area contributed by atoms with Crippen molar-refractivity contribution in [2.75, 3.05) is 13.7 Å². The Morgan fingerprint density at radius 2 is 1.14 bits per heavy atom. The molecule has 1 N–H and O–H groups in total. The van der Waals surface area contributed by atoms with Crippen LogP contribution in [0, 0.1) is 0 Å². The maximum atomic E-state index is 12.9. The van der Waals surface area contributed by atoms with E-state index in [2.05, 4.69) is 5.16 Å². The van der Waals surface area contributed by atoms with Gasteiger partial charge < -0.3 is 24.2 Å². The Bertz CT molecular complexity index is 1150. The summed E-state index contributed by atoms with van der Waals surface area (Å²) < 4.78 is 16.7. The molecule has 3 atom stereocenters. The summed E-state index contributed by atoms with van der Waals surface area (Å²) in [4.78, 5) is 43.1. The van der Waals surface area contributed by atoms with E-state index in [0.717, 1.165) is 6.21 Å². The molecule has 9 nitrogen and oxygen atoms in total. The van der Waals surface area contributed by atoms with E-state index in [1.165, 1.54) is 43.5 Å². The Morgan fingerprint density at radius 1 is 0.722 bits per heavy atom. The van der Waals surface area contributed by atoms with Gasteiger partial charge in [0.2, 0.25) is 0 Å². The number of aliphatic hydroxyl groups excluding tert-OH is 1. The third-order valence-electron chi connectivity index (χ3n) is 4.96. The van der Waals surface area contributed by atoms with E-state index in [1.54, 1.807) is 54.6 Å². The number of rotatable bonds is 11. The van der Waals surface area contributed by atoms with Crippen molar-refractivity contribution in [3.63, 3.8) is 0 Å². The standard InChI is InChI=1S/C27H25NO8/c1-33-28-17-22(34-25(30)19-11-5-2-6-12-19)24(36-27(32)21-15-9-4-10-16-21)23(18-29)35-26(31)20-13-7-3-8-14-20/h2-17,22-24,29H,18H2,1H3/b28-17+/t22-,23-,24+/m1/s1. The molecule has 3 aromatic rings. The lowest BCUT2D eigenvalue weighted by molar-refractivity contribution is -0.0835. The molecule has 36 heavy (non-hydrogen) atoms. The van der Waals surface area contributed by atoms with Gasteiger partial charge in [-0.05, 0) is 36.4 Å². The second-order valence-corrected chi connectivity index (χ2v) is 7.40. The first-order chi connectivity index (χ1) is 17.5. The third-order valence-corrected chi connectivity index (χ3v) is 4.96. The molecule has 0 heterocycles. The number of oxime groups is 1. The van der Waals surface area contributed by atoms with Crippen molar-refractivity contribution in [1.29, 1.82) is 0 Å². The van der Waals surface area contributed by atoms with Gasteiger partial charge in [-0.15, -0.1) is 0 Å². The van der Waals surface area contributed by atoms with Crippen molar-refractivity contribution >= 4 is 24.1 Å². The Labute approximate surface area is 207 Å². The number of carbonyl (C=O) groups excluding carboxylic acids is 3. The molecule has 0 aliphatic rings. The number of nitrogens with zero attached hydrogens (tertiary/aromatic N) is 1. The molecular weight excluding hydrogens is 466 g/mol. The minimum atomic E-state index is -1.47. The molecule has 9 heteroatoms. The summed E-state index contributed by atoms with van der Waals surface area (Å²) in [5.41, 5.74) is 0.640. The molecule has 0 amide bonds. The molecule has 3 aromatic carbocycles. The molecule has 0 saturated carbocycles. The summed E-state index contributed by atoms with van der Waals surface area (Å²) in [7, 11) is 1.27. The Kier molecular flexibility index (Phi) is 9.72. The monoisotopic (exact) mass is 491 g/mol. The highest BCUT2D eigenvalue weighted by Crippen LogP contribution is 2.18. The fraction of sp³-hybridized carbons (Fsp3) is 0.185. The quantitative estimate of drug-likeness (QED) is 0.188. The molecule has 0 fully saturated rings. The van der Waals surface area contributed by atoms with Crippen LogP contribution >= 0.6 is 0 Å². The summed E-state index contributed by atoms with van der Waals surface area (Å²) in [5, 5.41) is 13.8. The van der Waals surface area contributed by atoms with Crippen molar-refractivity contribution in [2.24, 2.45) is 5.16 Å². The van der Waals surface area contributed by atoms with Crippen molar-refractivity contribution in [1.82, 2.24) is 0 Å². The van der Waals surface area contributed by atoms with E-state index < -0.39 is 42.8 Å². The van der Waals surface area contributed by atoms with E-state index in [0.29, 0.717) is 0 Å². The first-order valence-corrected chi connectivity index (χ1v) is 11.0. The van der Waals surface area contributed by atoms with Gasteiger partial charge in [0.1, 0.15) is 7.11 Å². The van der Waals surface area contributed by atoms with Crippen LogP contribution in [0.1, 0.15) is 31.1 Å². The molecule has 0 spiro atoms. The summed E-state index contributed by atoms with van der Waals surface area (Å²) in [6, 6.07) is 24.3. The molecular formula is C27H25NO8. The van der Waals surface area contributed by atoms with Crippen LogP contribution < -0.4 is 0 Å². The highest BCUT2D eigenvalue weighted by molar-refractivity contribution is 5.92. The highest BCUT2D eigenvalue weighted by Gasteiger charge is 2.38. The van der Waals surface area contributed by atoms with Crippen molar-refractivity contribution in [2.45, 2.75) is 18.3 Å². The SMILES string of the molecule is CO/N=C/[C@@H](OC(=O)c1ccccc1)[C@H](OC(=O)c1ccccc1)[C@@H](CO)OC(=O)c1ccccc1. The predicted octanol–water partition coefficient (Wildman–Crippen LogP) is 3.29. The molecule has 3 rings (SSSR count). The predicted molar refractivity (Wildman–Crippen MR) is 130 cm³/mol. The number of hydrogen-bond donors (Lipinski definition) is 1. The minimum absolute atomic E-state index is 0.199. The van der Waals surface area contributed by atoms with Gasteiger partial charge in [-0.25, -0.2) is 14.4 Å². The number of ether oxygens (including phenoxy) is 3. The topological polar surface area (TPSA) is 121 Å². The van der Waals surface area contributed by atoms with Crippen LogP contribution in [0.4, 0.5) is 0 Å². The van der Waals surface area contributed by atoms with Crippen LogP contribution in [0.3, 0.4) is 0 Å². The van der Waals surface area contributed by atoms with E-state index >= 15 is 0 Å². The minimum Gasteiger partial charge on any atom is -0.452 e. The zero-order valence-corrected chi connectivity index (χ0v) is 19.4. The lowest BCUT2D eigenvalue weighted by Gasteiger charge is -2.29. The molecule has 0 radical (unpaired) electrons. The molecule has 0 aliphatic heterocycles.